The minimum atomic E-state index is -4.31. The van der Waals surface area contributed by atoms with E-state index >= 15 is 0 Å². The topological polar surface area (TPSA) is 21.3 Å². The van der Waals surface area contributed by atoms with Crippen molar-refractivity contribution in [2.45, 2.75) is 25.1 Å². The Balaban J connectivity index is 2.39. The van der Waals surface area contributed by atoms with Crippen LogP contribution in [0.3, 0.4) is 0 Å². The van der Waals surface area contributed by atoms with Crippen molar-refractivity contribution in [3.63, 3.8) is 0 Å². The molecule has 1 aliphatic heterocycles. The lowest BCUT2D eigenvalue weighted by molar-refractivity contribution is -0.137. The Labute approximate surface area is 97.8 Å². The summed E-state index contributed by atoms with van der Waals surface area (Å²) in [6, 6.07) is 3.59. The first kappa shape index (κ1) is 12.2. The van der Waals surface area contributed by atoms with Crippen LogP contribution in [0, 0.1) is 0 Å². The van der Waals surface area contributed by atoms with Crippen molar-refractivity contribution < 1.29 is 17.9 Å². The summed E-state index contributed by atoms with van der Waals surface area (Å²) in [6.45, 7) is 0.837. The molecule has 1 N–H and O–H groups in total. The molecule has 1 heterocycles. The summed E-state index contributed by atoms with van der Waals surface area (Å²) >= 11 is 0. The summed E-state index contributed by atoms with van der Waals surface area (Å²) in [5, 5.41) is 3.18. The molecule has 0 saturated carbocycles. The monoisotopic (exact) mass is 245 g/mol. The van der Waals surface area contributed by atoms with Gasteiger partial charge in [0.1, 0.15) is 5.75 Å². The molecule has 94 valence electrons. The molecule has 0 bridgehead atoms. The summed E-state index contributed by atoms with van der Waals surface area (Å²) < 4.78 is 43.0. The highest BCUT2D eigenvalue weighted by Crippen LogP contribution is 2.36. The summed E-state index contributed by atoms with van der Waals surface area (Å²) in [4.78, 5) is 0. The van der Waals surface area contributed by atoms with E-state index in [1.807, 2.05) is 0 Å². The molecule has 1 aliphatic rings. The Kier molecular flexibility index (Phi) is 3.28. The van der Waals surface area contributed by atoms with Gasteiger partial charge in [0.15, 0.2) is 0 Å². The number of benzene rings is 1. The standard InChI is InChI=1S/C12H14F3NO/c1-17-11-5-4-8(12(13,14)15)7-9(11)10-3-2-6-16-10/h4-5,7,10,16H,2-3,6H2,1H3. The SMILES string of the molecule is COc1ccc(C(F)(F)F)cc1C1CCCN1. The molecule has 2 rings (SSSR count). The highest BCUT2D eigenvalue weighted by atomic mass is 19.4. The normalized spacial score (nSPS) is 20.6. The molecular formula is C12H14F3NO. The van der Waals surface area contributed by atoms with Crippen molar-refractivity contribution in [1.82, 2.24) is 5.32 Å². The second kappa shape index (κ2) is 4.56. The van der Waals surface area contributed by atoms with Crippen molar-refractivity contribution in [1.29, 1.82) is 0 Å². The molecule has 1 aromatic rings. The smallest absolute Gasteiger partial charge is 0.416 e. The van der Waals surface area contributed by atoms with E-state index in [1.54, 1.807) is 0 Å². The van der Waals surface area contributed by atoms with Crippen LogP contribution in [0.5, 0.6) is 5.75 Å². The van der Waals surface area contributed by atoms with Gasteiger partial charge in [-0.15, -0.1) is 0 Å². The van der Waals surface area contributed by atoms with Crippen LogP contribution in [0.1, 0.15) is 30.0 Å². The van der Waals surface area contributed by atoms with Gasteiger partial charge in [0, 0.05) is 11.6 Å². The Hall–Kier alpha value is -1.23. The lowest BCUT2D eigenvalue weighted by Crippen LogP contribution is -2.15. The van der Waals surface area contributed by atoms with Gasteiger partial charge in [0.2, 0.25) is 0 Å². The molecule has 0 spiro atoms. The first-order chi connectivity index (χ1) is 8.02. The molecule has 0 amide bonds. The van der Waals surface area contributed by atoms with E-state index in [-0.39, 0.29) is 6.04 Å². The first-order valence-electron chi connectivity index (χ1n) is 5.51. The number of alkyl halides is 3. The number of rotatable bonds is 2. The van der Waals surface area contributed by atoms with Crippen LogP contribution >= 0.6 is 0 Å². The van der Waals surface area contributed by atoms with Crippen molar-refractivity contribution in [2.75, 3.05) is 13.7 Å². The van der Waals surface area contributed by atoms with Gasteiger partial charge in [-0.25, -0.2) is 0 Å². The molecule has 0 radical (unpaired) electrons. The summed E-state index contributed by atoms with van der Waals surface area (Å²) in [5.74, 6) is 0.511. The van der Waals surface area contributed by atoms with E-state index in [1.165, 1.54) is 19.2 Å². The average molecular weight is 245 g/mol. The van der Waals surface area contributed by atoms with Crippen LogP contribution in [-0.2, 0) is 6.18 Å². The maximum atomic E-state index is 12.6. The molecule has 17 heavy (non-hydrogen) atoms. The van der Waals surface area contributed by atoms with E-state index < -0.39 is 11.7 Å². The Bertz CT molecular complexity index is 397. The Morgan fingerprint density at radius 3 is 2.65 bits per heavy atom. The van der Waals surface area contributed by atoms with Crippen LogP contribution in [-0.4, -0.2) is 13.7 Å². The molecule has 1 saturated heterocycles. The van der Waals surface area contributed by atoms with E-state index in [2.05, 4.69) is 5.32 Å². The number of hydrogen-bond acceptors (Lipinski definition) is 2. The fourth-order valence-electron chi connectivity index (χ4n) is 2.13. The largest absolute Gasteiger partial charge is 0.496 e. The quantitative estimate of drug-likeness (QED) is 0.864. The van der Waals surface area contributed by atoms with Gasteiger partial charge >= 0.3 is 6.18 Å². The zero-order valence-corrected chi connectivity index (χ0v) is 9.47. The van der Waals surface area contributed by atoms with Crippen molar-refractivity contribution in [2.24, 2.45) is 0 Å². The van der Waals surface area contributed by atoms with Crippen molar-refractivity contribution in [3.05, 3.63) is 29.3 Å². The molecule has 1 aromatic carbocycles. The molecule has 1 unspecified atom stereocenters. The van der Waals surface area contributed by atoms with Crippen molar-refractivity contribution in [3.8, 4) is 5.75 Å². The van der Waals surface area contributed by atoms with Gasteiger partial charge in [0.05, 0.1) is 12.7 Å². The van der Waals surface area contributed by atoms with Gasteiger partial charge in [0.25, 0.3) is 0 Å². The maximum Gasteiger partial charge on any atom is 0.416 e. The maximum absolute atomic E-state index is 12.6. The van der Waals surface area contributed by atoms with Gasteiger partial charge in [-0.1, -0.05) is 0 Å². The average Bonchev–Trinajstić information content (AvgIpc) is 2.80. The number of methoxy groups -OCH3 is 1. The highest BCUT2D eigenvalue weighted by molar-refractivity contribution is 5.40. The molecule has 1 fully saturated rings. The first-order valence-corrected chi connectivity index (χ1v) is 5.51. The van der Waals surface area contributed by atoms with E-state index in [4.69, 9.17) is 4.74 Å². The molecule has 0 aromatic heterocycles. The minimum absolute atomic E-state index is 0.0350. The predicted molar refractivity (Wildman–Crippen MR) is 58.0 cm³/mol. The van der Waals surface area contributed by atoms with Crippen LogP contribution in [0.4, 0.5) is 13.2 Å². The third kappa shape index (κ3) is 2.54. The molecule has 2 nitrogen and oxygen atoms in total. The van der Waals surface area contributed by atoms with Crippen molar-refractivity contribution >= 4 is 0 Å². The summed E-state index contributed by atoms with van der Waals surface area (Å²) in [7, 11) is 1.47. The number of ether oxygens (including phenoxy) is 1. The Morgan fingerprint density at radius 1 is 1.35 bits per heavy atom. The van der Waals surface area contributed by atoms with Gasteiger partial charge in [-0.3, -0.25) is 0 Å². The van der Waals surface area contributed by atoms with E-state index in [0.717, 1.165) is 25.5 Å². The predicted octanol–water partition coefficient (Wildman–Crippen LogP) is 3.14. The summed E-state index contributed by atoms with van der Waals surface area (Å²) in [6.07, 6.45) is -2.48. The van der Waals surface area contributed by atoms with Gasteiger partial charge < -0.3 is 10.1 Å². The lowest BCUT2D eigenvalue weighted by atomic mass is 10.0. The van der Waals surface area contributed by atoms with Crippen LogP contribution in [0.15, 0.2) is 18.2 Å². The number of nitrogens with one attached hydrogen (secondary N) is 1. The zero-order valence-electron chi connectivity index (χ0n) is 9.47. The number of halogens is 3. The van der Waals surface area contributed by atoms with Gasteiger partial charge in [-0.2, -0.15) is 13.2 Å². The summed E-state index contributed by atoms with van der Waals surface area (Å²) in [5.41, 5.74) is -0.0261. The lowest BCUT2D eigenvalue weighted by Gasteiger charge is -2.17. The third-order valence-corrected chi connectivity index (χ3v) is 2.99. The highest BCUT2D eigenvalue weighted by Gasteiger charge is 2.32. The third-order valence-electron chi connectivity index (χ3n) is 2.99. The van der Waals surface area contributed by atoms with Crippen LogP contribution in [0.2, 0.25) is 0 Å². The fourth-order valence-corrected chi connectivity index (χ4v) is 2.13. The molecule has 1 atom stereocenters. The zero-order chi connectivity index (χ0) is 12.5. The Morgan fingerprint density at radius 2 is 2.12 bits per heavy atom. The van der Waals surface area contributed by atoms with Gasteiger partial charge in [-0.05, 0) is 37.6 Å². The number of hydrogen-bond donors (Lipinski definition) is 1. The minimum Gasteiger partial charge on any atom is -0.496 e. The van der Waals surface area contributed by atoms with Crippen LogP contribution in [0.25, 0.3) is 0 Å². The van der Waals surface area contributed by atoms with Crippen LogP contribution < -0.4 is 10.1 Å². The molecule has 5 heteroatoms. The molecular weight excluding hydrogens is 231 g/mol. The second-order valence-corrected chi connectivity index (χ2v) is 4.10. The second-order valence-electron chi connectivity index (χ2n) is 4.10. The van der Waals surface area contributed by atoms with E-state index in [0.29, 0.717) is 11.3 Å². The van der Waals surface area contributed by atoms with E-state index in [9.17, 15) is 13.2 Å². The fraction of sp³-hybridized carbons (Fsp3) is 0.500. The molecule has 0 aliphatic carbocycles.